The van der Waals surface area contributed by atoms with E-state index in [2.05, 4.69) is 5.32 Å². The van der Waals surface area contributed by atoms with Crippen LogP contribution in [0, 0.1) is 0 Å². The second-order valence-corrected chi connectivity index (χ2v) is 4.12. The van der Waals surface area contributed by atoms with Gasteiger partial charge in [-0.25, -0.2) is 0 Å². The topological polar surface area (TPSA) is 41.5 Å². The van der Waals surface area contributed by atoms with Crippen LogP contribution in [-0.2, 0) is 4.74 Å². The molecule has 0 spiro atoms. The normalized spacial score (nSPS) is 21.9. The van der Waals surface area contributed by atoms with Crippen molar-refractivity contribution in [2.45, 2.75) is 50.7 Å². The van der Waals surface area contributed by atoms with Crippen molar-refractivity contribution in [3.05, 3.63) is 0 Å². The Kier molecular flexibility index (Phi) is 6.15. The molecule has 0 aromatic carbocycles. The summed E-state index contributed by atoms with van der Waals surface area (Å²) in [6.07, 6.45) is 8.14. The van der Waals surface area contributed by atoms with Gasteiger partial charge in [-0.3, -0.25) is 0 Å². The van der Waals surface area contributed by atoms with Crippen molar-refractivity contribution in [2.24, 2.45) is 0 Å². The van der Waals surface area contributed by atoms with Gasteiger partial charge in [0.15, 0.2) is 0 Å². The highest BCUT2D eigenvalue weighted by Gasteiger charge is 2.14. The Labute approximate surface area is 86.8 Å². The fourth-order valence-electron chi connectivity index (χ4n) is 1.89. The number of ether oxygens (including phenoxy) is 1. The van der Waals surface area contributed by atoms with Gasteiger partial charge in [-0.1, -0.05) is 25.7 Å². The third-order valence-corrected chi connectivity index (χ3v) is 2.96. The lowest BCUT2D eigenvalue weighted by molar-refractivity contribution is 0.0205. The van der Waals surface area contributed by atoms with Crippen molar-refractivity contribution >= 4 is 0 Å². The molecule has 0 amide bonds. The van der Waals surface area contributed by atoms with Crippen LogP contribution >= 0.6 is 0 Å². The standard InChI is InChI=1S/C11H23NO2/c1-12-10(8-13)9-14-11-6-4-2-3-5-7-11/h10-13H,2-9H2,1H3. The van der Waals surface area contributed by atoms with Crippen molar-refractivity contribution in [3.8, 4) is 0 Å². The molecule has 0 bridgehead atoms. The van der Waals surface area contributed by atoms with Crippen LogP contribution in [0.25, 0.3) is 0 Å². The highest BCUT2D eigenvalue weighted by atomic mass is 16.5. The Morgan fingerprint density at radius 1 is 1.29 bits per heavy atom. The molecule has 0 aliphatic heterocycles. The molecule has 1 rings (SSSR count). The largest absolute Gasteiger partial charge is 0.395 e. The van der Waals surface area contributed by atoms with Crippen LogP contribution in [0.5, 0.6) is 0 Å². The Hall–Kier alpha value is -0.120. The van der Waals surface area contributed by atoms with E-state index < -0.39 is 0 Å². The molecule has 3 heteroatoms. The van der Waals surface area contributed by atoms with E-state index in [1.54, 1.807) is 0 Å². The Balaban J connectivity index is 2.14. The lowest BCUT2D eigenvalue weighted by atomic mass is 10.1. The van der Waals surface area contributed by atoms with Gasteiger partial charge in [-0.2, -0.15) is 0 Å². The molecule has 14 heavy (non-hydrogen) atoms. The van der Waals surface area contributed by atoms with Gasteiger partial charge in [-0.15, -0.1) is 0 Å². The van der Waals surface area contributed by atoms with Gasteiger partial charge in [0.2, 0.25) is 0 Å². The first-order chi connectivity index (χ1) is 6.86. The summed E-state index contributed by atoms with van der Waals surface area (Å²) in [5.74, 6) is 0. The summed E-state index contributed by atoms with van der Waals surface area (Å²) in [4.78, 5) is 0. The second-order valence-electron chi connectivity index (χ2n) is 4.12. The average molecular weight is 201 g/mol. The maximum atomic E-state index is 8.97. The molecule has 0 radical (unpaired) electrons. The maximum Gasteiger partial charge on any atom is 0.0645 e. The van der Waals surface area contributed by atoms with Gasteiger partial charge in [0.1, 0.15) is 0 Å². The summed E-state index contributed by atoms with van der Waals surface area (Å²) in [7, 11) is 1.86. The Bertz CT molecular complexity index is 129. The van der Waals surface area contributed by atoms with Crippen molar-refractivity contribution in [3.63, 3.8) is 0 Å². The number of aliphatic hydroxyl groups excluding tert-OH is 1. The monoisotopic (exact) mass is 201 g/mol. The fraction of sp³-hybridized carbons (Fsp3) is 1.00. The number of hydrogen-bond donors (Lipinski definition) is 2. The van der Waals surface area contributed by atoms with E-state index in [9.17, 15) is 0 Å². The van der Waals surface area contributed by atoms with Crippen LogP contribution in [-0.4, -0.2) is 37.5 Å². The first kappa shape index (κ1) is 12.0. The molecular formula is C11H23NO2. The highest BCUT2D eigenvalue weighted by Crippen LogP contribution is 2.19. The predicted octanol–water partition coefficient (Wildman–Crippen LogP) is 1.31. The van der Waals surface area contributed by atoms with Gasteiger partial charge in [0.05, 0.1) is 25.4 Å². The third-order valence-electron chi connectivity index (χ3n) is 2.96. The van der Waals surface area contributed by atoms with Gasteiger partial charge < -0.3 is 15.2 Å². The zero-order valence-electron chi connectivity index (χ0n) is 9.17. The summed E-state index contributed by atoms with van der Waals surface area (Å²) < 4.78 is 5.78. The van der Waals surface area contributed by atoms with E-state index >= 15 is 0 Å². The van der Waals surface area contributed by atoms with Crippen molar-refractivity contribution in [1.82, 2.24) is 5.32 Å². The maximum absolute atomic E-state index is 8.97. The SMILES string of the molecule is CNC(CO)COC1CCCCCC1. The van der Waals surface area contributed by atoms with Crippen LogP contribution < -0.4 is 5.32 Å². The molecule has 84 valence electrons. The first-order valence-electron chi connectivity index (χ1n) is 5.76. The van der Waals surface area contributed by atoms with Gasteiger partial charge >= 0.3 is 0 Å². The van der Waals surface area contributed by atoms with E-state index in [0.29, 0.717) is 12.7 Å². The summed E-state index contributed by atoms with van der Waals surface area (Å²) in [6.45, 7) is 0.793. The molecule has 0 aromatic heterocycles. The average Bonchev–Trinajstić information content (AvgIpc) is 2.48. The van der Waals surface area contributed by atoms with Crippen LogP contribution in [0.1, 0.15) is 38.5 Å². The van der Waals surface area contributed by atoms with Crippen LogP contribution in [0.15, 0.2) is 0 Å². The van der Waals surface area contributed by atoms with E-state index in [-0.39, 0.29) is 12.6 Å². The van der Waals surface area contributed by atoms with Gasteiger partial charge in [0.25, 0.3) is 0 Å². The fourth-order valence-corrected chi connectivity index (χ4v) is 1.89. The number of likely N-dealkylation sites (N-methyl/N-ethyl adjacent to an activating group) is 1. The zero-order valence-corrected chi connectivity index (χ0v) is 9.17. The molecule has 1 fully saturated rings. The van der Waals surface area contributed by atoms with E-state index in [1.807, 2.05) is 7.05 Å². The molecule has 0 heterocycles. The smallest absolute Gasteiger partial charge is 0.0645 e. The molecule has 1 aliphatic carbocycles. The molecule has 2 N–H and O–H groups in total. The summed E-state index contributed by atoms with van der Waals surface area (Å²) in [6, 6.07) is 0.0956. The first-order valence-corrected chi connectivity index (χ1v) is 5.76. The summed E-state index contributed by atoms with van der Waals surface area (Å²) in [5.41, 5.74) is 0. The molecule has 0 saturated heterocycles. The Morgan fingerprint density at radius 2 is 1.93 bits per heavy atom. The zero-order chi connectivity index (χ0) is 10.2. The van der Waals surface area contributed by atoms with E-state index in [0.717, 1.165) is 0 Å². The van der Waals surface area contributed by atoms with Crippen LogP contribution in [0.2, 0.25) is 0 Å². The lowest BCUT2D eigenvalue weighted by Crippen LogP contribution is -2.35. The second kappa shape index (κ2) is 7.21. The van der Waals surface area contributed by atoms with Crippen LogP contribution in [0.3, 0.4) is 0 Å². The summed E-state index contributed by atoms with van der Waals surface area (Å²) in [5, 5.41) is 12.0. The van der Waals surface area contributed by atoms with E-state index in [4.69, 9.17) is 9.84 Å². The van der Waals surface area contributed by atoms with Crippen molar-refractivity contribution in [1.29, 1.82) is 0 Å². The van der Waals surface area contributed by atoms with E-state index in [1.165, 1.54) is 38.5 Å². The van der Waals surface area contributed by atoms with Crippen LogP contribution in [0.4, 0.5) is 0 Å². The van der Waals surface area contributed by atoms with Gasteiger partial charge in [0, 0.05) is 0 Å². The minimum atomic E-state index is 0.0956. The molecule has 1 unspecified atom stereocenters. The number of aliphatic hydroxyl groups is 1. The minimum absolute atomic E-state index is 0.0956. The molecule has 1 aliphatic rings. The quantitative estimate of drug-likeness (QED) is 0.659. The molecular weight excluding hydrogens is 178 g/mol. The number of hydrogen-bond acceptors (Lipinski definition) is 3. The number of nitrogens with one attached hydrogen (secondary N) is 1. The van der Waals surface area contributed by atoms with Gasteiger partial charge in [-0.05, 0) is 19.9 Å². The Morgan fingerprint density at radius 3 is 2.43 bits per heavy atom. The number of rotatable bonds is 5. The minimum Gasteiger partial charge on any atom is -0.395 e. The predicted molar refractivity (Wildman–Crippen MR) is 57.4 cm³/mol. The molecule has 1 atom stereocenters. The molecule has 1 saturated carbocycles. The van der Waals surface area contributed by atoms with Crippen molar-refractivity contribution < 1.29 is 9.84 Å². The van der Waals surface area contributed by atoms with Crippen molar-refractivity contribution in [2.75, 3.05) is 20.3 Å². The summed E-state index contributed by atoms with van der Waals surface area (Å²) >= 11 is 0. The lowest BCUT2D eigenvalue weighted by Gasteiger charge is -2.19. The molecule has 3 nitrogen and oxygen atoms in total. The molecule has 0 aromatic rings. The third kappa shape index (κ3) is 4.40. The highest BCUT2D eigenvalue weighted by molar-refractivity contribution is 4.67.